The maximum absolute atomic E-state index is 13.6. The van der Waals surface area contributed by atoms with E-state index < -0.39 is 5.63 Å². The van der Waals surface area contributed by atoms with Crippen molar-refractivity contribution in [2.45, 2.75) is 6.61 Å². The van der Waals surface area contributed by atoms with Gasteiger partial charge in [-0.3, -0.25) is 0 Å². The first-order chi connectivity index (χ1) is 11.1. The molecule has 4 nitrogen and oxygen atoms in total. The Balaban J connectivity index is 1.93. The molecule has 5 heteroatoms. The summed E-state index contributed by atoms with van der Waals surface area (Å²) in [5, 5.41) is 3.14. The van der Waals surface area contributed by atoms with E-state index in [9.17, 15) is 9.18 Å². The second-order valence-electron chi connectivity index (χ2n) is 4.95. The quantitative estimate of drug-likeness (QED) is 0.801. The van der Waals surface area contributed by atoms with Gasteiger partial charge in [0.1, 0.15) is 18.2 Å². The van der Waals surface area contributed by atoms with E-state index in [1.807, 2.05) is 6.07 Å². The molecule has 1 aromatic heterocycles. The van der Waals surface area contributed by atoms with Gasteiger partial charge in [-0.15, -0.1) is 0 Å². The van der Waals surface area contributed by atoms with Crippen molar-refractivity contribution in [2.24, 2.45) is 0 Å². The molecule has 0 aliphatic carbocycles. The Bertz CT molecular complexity index is 957. The largest absolute Gasteiger partial charge is 0.488 e. The number of rotatable bonds is 4. The predicted octanol–water partition coefficient (Wildman–Crippen LogP) is 1.93. The van der Waals surface area contributed by atoms with Gasteiger partial charge < -0.3 is 9.26 Å². The van der Waals surface area contributed by atoms with Crippen LogP contribution in [-0.4, -0.2) is 5.16 Å². The van der Waals surface area contributed by atoms with Crippen LogP contribution >= 0.6 is 0 Å². The van der Waals surface area contributed by atoms with E-state index in [1.165, 1.54) is 6.07 Å². The summed E-state index contributed by atoms with van der Waals surface area (Å²) >= 11 is 0. The Morgan fingerprint density at radius 1 is 1.17 bits per heavy atom. The highest BCUT2D eigenvalue weighted by Crippen LogP contribution is 2.20. The van der Waals surface area contributed by atoms with Crippen LogP contribution in [0.25, 0.3) is 12.7 Å². The number of hydrogen-bond acceptors (Lipinski definition) is 3. The van der Waals surface area contributed by atoms with E-state index in [-0.39, 0.29) is 12.4 Å². The normalized spacial score (nSPS) is 11.6. The van der Waals surface area contributed by atoms with E-state index in [4.69, 9.17) is 4.74 Å². The summed E-state index contributed by atoms with van der Waals surface area (Å²) in [5.74, 6) is 0.219. The van der Waals surface area contributed by atoms with Crippen LogP contribution in [0.3, 0.4) is 0 Å². The maximum atomic E-state index is 13.6. The van der Waals surface area contributed by atoms with Gasteiger partial charge in [-0.25, -0.2) is 14.3 Å². The molecule has 3 rings (SSSR count). The molecular formula is C18H14FNO3. The number of para-hydroxylation sites is 1. The predicted molar refractivity (Wildman–Crippen MR) is 84.8 cm³/mol. The van der Waals surface area contributed by atoms with Crippen LogP contribution in [0.15, 0.2) is 57.8 Å². The monoisotopic (exact) mass is 311 g/mol. The van der Waals surface area contributed by atoms with Crippen LogP contribution in [0.4, 0.5) is 4.39 Å². The molecule has 1 heterocycles. The molecule has 0 fully saturated rings. The number of halogens is 1. The number of benzene rings is 2. The fraction of sp³-hybridized carbons (Fsp3) is 0.0556. The molecule has 3 aromatic rings. The highest BCUT2D eigenvalue weighted by molar-refractivity contribution is 5.56. The third-order valence-corrected chi connectivity index (χ3v) is 3.37. The first kappa shape index (κ1) is 14.8. The summed E-state index contributed by atoms with van der Waals surface area (Å²) in [4.78, 5) is 11.6. The molecule has 0 bridgehead atoms. The summed E-state index contributed by atoms with van der Waals surface area (Å²) in [6.45, 7) is 3.80. The summed E-state index contributed by atoms with van der Waals surface area (Å²) in [6.07, 6.45) is 1.63. The van der Waals surface area contributed by atoms with Crippen LogP contribution in [-0.2, 0) is 6.61 Å². The summed E-state index contributed by atoms with van der Waals surface area (Å²) in [7, 11) is 0. The summed E-state index contributed by atoms with van der Waals surface area (Å²) in [6, 6.07) is 13.6. The highest BCUT2D eigenvalue weighted by atomic mass is 19.1. The number of H-pyrrole nitrogens is 1. The molecule has 0 spiro atoms. The summed E-state index contributed by atoms with van der Waals surface area (Å²) < 4.78 is 24.0. The van der Waals surface area contributed by atoms with Gasteiger partial charge in [0.25, 0.3) is 0 Å². The zero-order valence-electron chi connectivity index (χ0n) is 12.2. The molecule has 0 aliphatic rings. The average Bonchev–Trinajstić information content (AvgIpc) is 2.87. The van der Waals surface area contributed by atoms with Gasteiger partial charge >= 0.3 is 5.63 Å². The standard InChI is InChI=1S/C18H14FNO3/c1-12-15(18(21)23-20-12)10-13-6-3-5-9-17(13)22-11-14-7-2-4-8-16(14)19/h2-10,20H,1,11H2. The van der Waals surface area contributed by atoms with Gasteiger partial charge in [-0.2, -0.15) is 0 Å². The van der Waals surface area contributed by atoms with Gasteiger partial charge in [0.05, 0.1) is 10.6 Å². The van der Waals surface area contributed by atoms with E-state index in [0.717, 1.165) is 0 Å². The van der Waals surface area contributed by atoms with Gasteiger partial charge in [-0.1, -0.05) is 43.0 Å². The lowest BCUT2D eigenvalue weighted by Crippen LogP contribution is -2.31. The lowest BCUT2D eigenvalue weighted by molar-refractivity contribution is 0.299. The Kier molecular flexibility index (Phi) is 4.10. The fourth-order valence-electron chi connectivity index (χ4n) is 2.14. The lowest BCUT2D eigenvalue weighted by Gasteiger charge is -2.09. The van der Waals surface area contributed by atoms with E-state index >= 15 is 0 Å². The molecule has 0 unspecified atom stereocenters. The van der Waals surface area contributed by atoms with Crippen LogP contribution in [0.5, 0.6) is 5.75 Å². The first-order valence-corrected chi connectivity index (χ1v) is 6.98. The third-order valence-electron chi connectivity index (χ3n) is 3.37. The van der Waals surface area contributed by atoms with Crippen molar-refractivity contribution < 1.29 is 13.7 Å². The molecule has 23 heavy (non-hydrogen) atoms. The molecule has 0 radical (unpaired) electrons. The molecule has 0 atom stereocenters. The van der Waals surface area contributed by atoms with Crippen molar-refractivity contribution in [2.75, 3.05) is 0 Å². The summed E-state index contributed by atoms with van der Waals surface area (Å²) in [5.41, 5.74) is 0.640. The molecular weight excluding hydrogens is 297 g/mol. The first-order valence-electron chi connectivity index (χ1n) is 6.98. The van der Waals surface area contributed by atoms with Crippen LogP contribution in [0.1, 0.15) is 11.1 Å². The lowest BCUT2D eigenvalue weighted by atomic mass is 10.1. The molecule has 0 saturated heterocycles. The van der Waals surface area contributed by atoms with E-state index in [1.54, 1.807) is 42.5 Å². The Morgan fingerprint density at radius 3 is 2.65 bits per heavy atom. The Hall–Kier alpha value is -3.08. The van der Waals surface area contributed by atoms with Crippen molar-refractivity contribution in [3.05, 3.63) is 86.5 Å². The smallest absolute Gasteiger partial charge is 0.365 e. The minimum atomic E-state index is -0.501. The number of aromatic nitrogens is 1. The average molecular weight is 311 g/mol. The zero-order chi connectivity index (χ0) is 16.2. The van der Waals surface area contributed by atoms with Crippen LogP contribution < -0.4 is 20.9 Å². The van der Waals surface area contributed by atoms with Crippen molar-refractivity contribution in [1.82, 2.24) is 5.16 Å². The zero-order valence-corrected chi connectivity index (χ0v) is 12.2. The Labute approximate surface area is 131 Å². The molecule has 116 valence electrons. The van der Waals surface area contributed by atoms with Gasteiger partial charge in [0.2, 0.25) is 0 Å². The van der Waals surface area contributed by atoms with Crippen molar-refractivity contribution >= 4 is 12.7 Å². The maximum Gasteiger partial charge on any atom is 0.365 e. The molecule has 1 N–H and O–H groups in total. The van der Waals surface area contributed by atoms with E-state index in [2.05, 4.69) is 16.3 Å². The van der Waals surface area contributed by atoms with Crippen LogP contribution in [0.2, 0.25) is 0 Å². The number of nitrogens with one attached hydrogen (secondary N) is 1. The Morgan fingerprint density at radius 2 is 1.91 bits per heavy atom. The second-order valence-corrected chi connectivity index (χ2v) is 4.95. The van der Waals surface area contributed by atoms with Crippen molar-refractivity contribution in [1.29, 1.82) is 0 Å². The minimum Gasteiger partial charge on any atom is -0.488 e. The molecule has 2 aromatic carbocycles. The third kappa shape index (κ3) is 3.23. The van der Waals surface area contributed by atoms with E-state index in [0.29, 0.717) is 27.4 Å². The second kappa shape index (κ2) is 6.36. The van der Waals surface area contributed by atoms with Gasteiger partial charge in [0.15, 0.2) is 0 Å². The molecule has 0 saturated carbocycles. The molecule has 0 aliphatic heterocycles. The minimum absolute atomic E-state index is 0.0938. The topological polar surface area (TPSA) is 55.2 Å². The number of ether oxygens (including phenoxy) is 1. The number of aromatic amines is 1. The van der Waals surface area contributed by atoms with Crippen molar-refractivity contribution in [3.8, 4) is 5.75 Å². The van der Waals surface area contributed by atoms with Gasteiger partial charge in [0, 0.05) is 11.1 Å². The van der Waals surface area contributed by atoms with Gasteiger partial charge in [-0.05, 0) is 18.2 Å². The van der Waals surface area contributed by atoms with Crippen LogP contribution in [0, 0.1) is 5.82 Å². The fourth-order valence-corrected chi connectivity index (χ4v) is 2.14. The number of hydrogen-bond donors (Lipinski definition) is 1. The highest BCUT2D eigenvalue weighted by Gasteiger charge is 2.05. The molecule has 0 amide bonds. The SMILES string of the molecule is C=c1[nH]oc(=O)c1=Cc1ccccc1OCc1ccccc1F. The van der Waals surface area contributed by atoms with Crippen molar-refractivity contribution in [3.63, 3.8) is 0 Å².